The van der Waals surface area contributed by atoms with E-state index in [1.807, 2.05) is 0 Å². The van der Waals surface area contributed by atoms with E-state index >= 15 is 0 Å². The first-order valence-electron chi connectivity index (χ1n) is 6.32. The molecule has 0 bridgehead atoms. The van der Waals surface area contributed by atoms with Crippen LogP contribution in [0.25, 0.3) is 0 Å². The lowest BCUT2D eigenvalue weighted by Crippen LogP contribution is -2.49. The second-order valence-corrected chi connectivity index (χ2v) is 4.64. The number of carbonyl (C=O) groups is 1. The van der Waals surface area contributed by atoms with Crippen LogP contribution >= 0.6 is 0 Å². The highest BCUT2D eigenvalue weighted by Gasteiger charge is 2.24. The van der Waals surface area contributed by atoms with Crippen LogP contribution in [-0.4, -0.2) is 55.4 Å². The standard InChI is InChI=1S/C12H24N2O3/c1-4-16-12(15)11(13)5-6-14-7-10(3)17-8-9(14)2/h9-11H,4-8,13H2,1-3H3. The summed E-state index contributed by atoms with van der Waals surface area (Å²) in [5.41, 5.74) is 5.77. The summed E-state index contributed by atoms with van der Waals surface area (Å²) in [7, 11) is 0. The third-order valence-corrected chi connectivity index (χ3v) is 3.05. The fourth-order valence-corrected chi connectivity index (χ4v) is 1.96. The zero-order chi connectivity index (χ0) is 12.8. The molecule has 2 N–H and O–H groups in total. The molecule has 1 heterocycles. The molecule has 0 aromatic heterocycles. The average Bonchev–Trinajstić information content (AvgIpc) is 2.30. The van der Waals surface area contributed by atoms with Crippen molar-refractivity contribution < 1.29 is 14.3 Å². The van der Waals surface area contributed by atoms with E-state index in [2.05, 4.69) is 18.7 Å². The first-order chi connectivity index (χ1) is 8.04. The van der Waals surface area contributed by atoms with Gasteiger partial charge in [0.15, 0.2) is 0 Å². The number of nitrogens with zero attached hydrogens (tertiary/aromatic N) is 1. The zero-order valence-corrected chi connectivity index (χ0v) is 11.0. The van der Waals surface area contributed by atoms with Crippen molar-refractivity contribution in [2.75, 3.05) is 26.3 Å². The number of hydrogen-bond donors (Lipinski definition) is 1. The fourth-order valence-electron chi connectivity index (χ4n) is 1.96. The Morgan fingerprint density at radius 3 is 2.94 bits per heavy atom. The Kier molecular flexibility index (Phi) is 5.88. The molecule has 0 aliphatic carbocycles. The summed E-state index contributed by atoms with van der Waals surface area (Å²) in [5.74, 6) is -0.304. The molecule has 0 aromatic rings. The number of ether oxygens (including phenoxy) is 2. The topological polar surface area (TPSA) is 64.8 Å². The highest BCUT2D eigenvalue weighted by atomic mass is 16.5. The first-order valence-corrected chi connectivity index (χ1v) is 6.32. The van der Waals surface area contributed by atoms with E-state index in [4.69, 9.17) is 15.2 Å². The Balaban J connectivity index is 2.31. The van der Waals surface area contributed by atoms with E-state index in [9.17, 15) is 4.79 Å². The van der Waals surface area contributed by atoms with E-state index in [1.165, 1.54) is 0 Å². The van der Waals surface area contributed by atoms with Crippen molar-refractivity contribution >= 4 is 5.97 Å². The Morgan fingerprint density at radius 1 is 1.59 bits per heavy atom. The minimum Gasteiger partial charge on any atom is -0.465 e. The van der Waals surface area contributed by atoms with E-state index in [0.29, 0.717) is 19.1 Å². The monoisotopic (exact) mass is 244 g/mol. The van der Waals surface area contributed by atoms with E-state index in [1.54, 1.807) is 6.92 Å². The molecule has 0 aromatic carbocycles. The number of rotatable bonds is 5. The summed E-state index contributed by atoms with van der Waals surface area (Å²) in [6.45, 7) is 8.82. The predicted octanol–water partition coefficient (Wildman–Crippen LogP) is 0.376. The maximum absolute atomic E-state index is 11.4. The first kappa shape index (κ1) is 14.4. The van der Waals surface area contributed by atoms with Crippen molar-refractivity contribution in [2.24, 2.45) is 5.73 Å². The van der Waals surface area contributed by atoms with Gasteiger partial charge in [-0.2, -0.15) is 0 Å². The van der Waals surface area contributed by atoms with Crippen molar-refractivity contribution in [3.63, 3.8) is 0 Å². The summed E-state index contributed by atoms with van der Waals surface area (Å²) in [5, 5.41) is 0. The van der Waals surface area contributed by atoms with Crippen LogP contribution in [-0.2, 0) is 14.3 Å². The lowest BCUT2D eigenvalue weighted by atomic mass is 10.1. The predicted molar refractivity (Wildman–Crippen MR) is 65.7 cm³/mol. The van der Waals surface area contributed by atoms with Gasteiger partial charge in [-0.05, 0) is 27.2 Å². The molecule has 1 aliphatic rings. The number of esters is 1. The molecular weight excluding hydrogens is 220 g/mol. The van der Waals surface area contributed by atoms with Gasteiger partial charge >= 0.3 is 5.97 Å². The number of morpholine rings is 1. The molecule has 0 spiro atoms. The van der Waals surface area contributed by atoms with Crippen LogP contribution in [0.4, 0.5) is 0 Å². The lowest BCUT2D eigenvalue weighted by Gasteiger charge is -2.37. The van der Waals surface area contributed by atoms with Crippen molar-refractivity contribution in [3.05, 3.63) is 0 Å². The van der Waals surface area contributed by atoms with Gasteiger partial charge in [-0.15, -0.1) is 0 Å². The third kappa shape index (κ3) is 4.61. The van der Waals surface area contributed by atoms with Gasteiger partial charge in [0.1, 0.15) is 6.04 Å². The molecule has 1 fully saturated rings. The third-order valence-electron chi connectivity index (χ3n) is 3.05. The second kappa shape index (κ2) is 6.93. The number of nitrogens with two attached hydrogens (primary N) is 1. The molecular formula is C12H24N2O3. The van der Waals surface area contributed by atoms with Gasteiger partial charge < -0.3 is 15.2 Å². The summed E-state index contributed by atoms with van der Waals surface area (Å²) in [6, 6.07) is -0.124. The molecule has 0 saturated carbocycles. The van der Waals surface area contributed by atoms with E-state index in [-0.39, 0.29) is 12.1 Å². The highest BCUT2D eigenvalue weighted by molar-refractivity contribution is 5.75. The van der Waals surface area contributed by atoms with Crippen molar-refractivity contribution in [2.45, 2.75) is 45.4 Å². The molecule has 1 aliphatic heterocycles. The quantitative estimate of drug-likeness (QED) is 0.708. The van der Waals surface area contributed by atoms with Gasteiger partial charge in [0.2, 0.25) is 0 Å². The summed E-state index contributed by atoms with van der Waals surface area (Å²) < 4.78 is 10.4. The van der Waals surface area contributed by atoms with E-state index in [0.717, 1.165) is 19.7 Å². The molecule has 1 rings (SSSR count). The van der Waals surface area contributed by atoms with Gasteiger partial charge in [-0.3, -0.25) is 9.69 Å². The van der Waals surface area contributed by atoms with Gasteiger partial charge in [0.05, 0.1) is 19.3 Å². The normalized spacial score (nSPS) is 27.8. The molecule has 3 atom stereocenters. The van der Waals surface area contributed by atoms with Crippen LogP contribution in [0.1, 0.15) is 27.2 Å². The van der Waals surface area contributed by atoms with Gasteiger partial charge in [0, 0.05) is 19.1 Å². The summed E-state index contributed by atoms with van der Waals surface area (Å²) in [6.07, 6.45) is 0.889. The lowest BCUT2D eigenvalue weighted by molar-refractivity contribution is -0.145. The minimum absolute atomic E-state index is 0.255. The average molecular weight is 244 g/mol. The second-order valence-electron chi connectivity index (χ2n) is 4.64. The molecule has 17 heavy (non-hydrogen) atoms. The van der Waals surface area contributed by atoms with Crippen LogP contribution in [0.15, 0.2) is 0 Å². The highest BCUT2D eigenvalue weighted by Crippen LogP contribution is 2.12. The molecule has 0 radical (unpaired) electrons. The Hall–Kier alpha value is -0.650. The molecule has 100 valence electrons. The molecule has 5 heteroatoms. The smallest absolute Gasteiger partial charge is 0.322 e. The fraction of sp³-hybridized carbons (Fsp3) is 0.917. The van der Waals surface area contributed by atoms with E-state index < -0.39 is 6.04 Å². The Bertz CT molecular complexity index is 248. The van der Waals surface area contributed by atoms with Crippen molar-refractivity contribution in [1.82, 2.24) is 4.90 Å². The molecule has 0 amide bonds. The Labute approximate surface area is 103 Å². The van der Waals surface area contributed by atoms with Gasteiger partial charge in [0.25, 0.3) is 0 Å². The largest absolute Gasteiger partial charge is 0.465 e. The Morgan fingerprint density at radius 2 is 2.29 bits per heavy atom. The number of hydrogen-bond acceptors (Lipinski definition) is 5. The maximum Gasteiger partial charge on any atom is 0.322 e. The summed E-state index contributed by atoms with van der Waals surface area (Å²) >= 11 is 0. The zero-order valence-electron chi connectivity index (χ0n) is 11.0. The molecule has 5 nitrogen and oxygen atoms in total. The maximum atomic E-state index is 11.4. The van der Waals surface area contributed by atoms with Crippen LogP contribution in [0.3, 0.4) is 0 Å². The SMILES string of the molecule is CCOC(=O)C(N)CCN1CC(C)OCC1C. The van der Waals surface area contributed by atoms with Crippen LogP contribution in [0, 0.1) is 0 Å². The van der Waals surface area contributed by atoms with Crippen molar-refractivity contribution in [3.8, 4) is 0 Å². The molecule has 3 unspecified atom stereocenters. The van der Waals surface area contributed by atoms with Crippen LogP contribution in [0.2, 0.25) is 0 Å². The number of carbonyl (C=O) groups excluding carboxylic acids is 1. The van der Waals surface area contributed by atoms with Crippen molar-refractivity contribution in [1.29, 1.82) is 0 Å². The molecule has 1 saturated heterocycles. The van der Waals surface area contributed by atoms with Crippen LogP contribution < -0.4 is 5.73 Å². The van der Waals surface area contributed by atoms with Gasteiger partial charge in [-0.25, -0.2) is 0 Å². The summed E-state index contributed by atoms with van der Waals surface area (Å²) in [4.78, 5) is 13.7. The minimum atomic E-state index is -0.514. The van der Waals surface area contributed by atoms with Crippen LogP contribution in [0.5, 0.6) is 0 Å². The van der Waals surface area contributed by atoms with Gasteiger partial charge in [-0.1, -0.05) is 0 Å².